The van der Waals surface area contributed by atoms with Crippen LogP contribution in [0.5, 0.6) is 0 Å². The lowest BCUT2D eigenvalue weighted by Gasteiger charge is -2.11. The van der Waals surface area contributed by atoms with E-state index in [1.807, 2.05) is 0 Å². The van der Waals surface area contributed by atoms with Crippen LogP contribution in [0.15, 0.2) is 42.6 Å². The third-order valence-electron chi connectivity index (χ3n) is 3.72. The number of carbonyl (C=O) groups excluding carboxylic acids is 1. The third-order valence-corrected chi connectivity index (χ3v) is 3.72. The molecule has 0 bridgehead atoms. The molecule has 1 heterocycles. The zero-order valence-corrected chi connectivity index (χ0v) is 12.6. The van der Waals surface area contributed by atoms with E-state index in [1.54, 1.807) is 19.1 Å². The third kappa shape index (κ3) is 2.54. The molecular weight excluding hydrogens is 300 g/mol. The number of methoxy groups -OCH3 is 1. The fourth-order valence-electron chi connectivity index (χ4n) is 2.58. The highest BCUT2D eigenvalue weighted by Crippen LogP contribution is 2.32. The highest BCUT2D eigenvalue weighted by Gasteiger charge is 2.17. The second-order valence-corrected chi connectivity index (χ2v) is 5.14. The molecule has 0 atom stereocenters. The quantitative estimate of drug-likeness (QED) is 0.663. The highest BCUT2D eigenvalue weighted by atomic mass is 19.1. The van der Waals surface area contributed by atoms with Gasteiger partial charge in [-0.15, -0.1) is 0 Å². The molecular formula is C18H13F2NO2. The average Bonchev–Trinajstić information content (AvgIpc) is 2.55. The number of nitrogens with zero attached hydrogens (tertiary/aromatic N) is 1. The Morgan fingerprint density at radius 3 is 2.57 bits per heavy atom. The lowest BCUT2D eigenvalue weighted by molar-refractivity contribution is 0.0601. The predicted octanol–water partition coefficient (Wildman–Crippen LogP) is 4.28. The van der Waals surface area contributed by atoms with Crippen molar-refractivity contribution < 1.29 is 18.3 Å². The van der Waals surface area contributed by atoms with Crippen molar-refractivity contribution in [1.82, 2.24) is 4.98 Å². The molecule has 2 aromatic carbocycles. The first kappa shape index (κ1) is 15.1. The Bertz CT molecular complexity index is 902. The summed E-state index contributed by atoms with van der Waals surface area (Å²) in [6.07, 6.45) is 1.06. The normalized spacial score (nSPS) is 10.8. The van der Waals surface area contributed by atoms with Gasteiger partial charge >= 0.3 is 5.97 Å². The topological polar surface area (TPSA) is 39.2 Å². The van der Waals surface area contributed by atoms with Crippen molar-refractivity contribution in [2.24, 2.45) is 0 Å². The standard InChI is InChI=1S/C18H13F2NO2/c1-10-4-3-5-14(19)16(10)17-13-8-11(18(22)23-2)6-7-12(13)15(20)9-21-17/h3-9H,1-2H3. The first-order valence-electron chi connectivity index (χ1n) is 6.95. The van der Waals surface area contributed by atoms with Gasteiger partial charge in [-0.05, 0) is 30.7 Å². The zero-order chi connectivity index (χ0) is 16.6. The van der Waals surface area contributed by atoms with Gasteiger partial charge in [-0.3, -0.25) is 4.98 Å². The van der Waals surface area contributed by atoms with E-state index >= 15 is 0 Å². The van der Waals surface area contributed by atoms with E-state index in [9.17, 15) is 13.6 Å². The Balaban J connectivity index is 2.37. The smallest absolute Gasteiger partial charge is 0.337 e. The van der Waals surface area contributed by atoms with Crippen LogP contribution in [0, 0.1) is 18.6 Å². The van der Waals surface area contributed by atoms with E-state index in [4.69, 9.17) is 0 Å². The molecule has 0 N–H and O–H groups in total. The highest BCUT2D eigenvalue weighted by molar-refractivity contribution is 6.01. The molecule has 0 saturated heterocycles. The number of hydrogen-bond donors (Lipinski definition) is 0. The van der Waals surface area contributed by atoms with Crippen LogP contribution in [0.25, 0.3) is 22.0 Å². The number of aryl methyl sites for hydroxylation is 1. The fourth-order valence-corrected chi connectivity index (χ4v) is 2.58. The molecule has 3 rings (SSSR count). The van der Waals surface area contributed by atoms with Crippen molar-refractivity contribution in [3.63, 3.8) is 0 Å². The molecule has 0 aliphatic rings. The molecule has 3 nitrogen and oxygen atoms in total. The summed E-state index contributed by atoms with van der Waals surface area (Å²) in [5, 5.41) is 0.631. The van der Waals surface area contributed by atoms with E-state index in [0.29, 0.717) is 22.2 Å². The maximum Gasteiger partial charge on any atom is 0.337 e. The molecule has 0 fully saturated rings. The maximum atomic E-state index is 14.3. The van der Waals surface area contributed by atoms with Crippen LogP contribution in [-0.4, -0.2) is 18.1 Å². The van der Waals surface area contributed by atoms with Gasteiger partial charge in [0.05, 0.1) is 24.6 Å². The Kier molecular flexibility index (Phi) is 3.78. The number of halogens is 2. The van der Waals surface area contributed by atoms with Gasteiger partial charge in [-0.1, -0.05) is 18.2 Å². The number of carbonyl (C=O) groups is 1. The summed E-state index contributed by atoms with van der Waals surface area (Å²) < 4.78 is 33.0. The number of pyridine rings is 1. The van der Waals surface area contributed by atoms with Crippen LogP contribution in [0.3, 0.4) is 0 Å². The van der Waals surface area contributed by atoms with Gasteiger partial charge in [0.2, 0.25) is 0 Å². The van der Waals surface area contributed by atoms with Crippen molar-refractivity contribution >= 4 is 16.7 Å². The molecule has 0 unspecified atom stereocenters. The van der Waals surface area contributed by atoms with Crippen LogP contribution in [0.2, 0.25) is 0 Å². The molecule has 1 aromatic heterocycles. The van der Waals surface area contributed by atoms with E-state index in [0.717, 1.165) is 6.20 Å². The second kappa shape index (κ2) is 5.76. The molecule has 0 spiro atoms. The summed E-state index contributed by atoms with van der Waals surface area (Å²) in [6.45, 7) is 1.75. The number of ether oxygens (including phenoxy) is 1. The summed E-state index contributed by atoms with van der Waals surface area (Å²) in [6, 6.07) is 9.08. The molecule has 23 heavy (non-hydrogen) atoms. The van der Waals surface area contributed by atoms with Gasteiger partial charge < -0.3 is 4.74 Å². The second-order valence-electron chi connectivity index (χ2n) is 5.14. The summed E-state index contributed by atoms with van der Waals surface area (Å²) in [4.78, 5) is 15.8. The Hall–Kier alpha value is -2.82. The van der Waals surface area contributed by atoms with Gasteiger partial charge in [-0.25, -0.2) is 13.6 Å². The SMILES string of the molecule is COC(=O)c1ccc2c(F)cnc(-c3c(C)cccc3F)c2c1. The minimum atomic E-state index is -0.549. The van der Waals surface area contributed by atoms with Crippen LogP contribution >= 0.6 is 0 Å². The summed E-state index contributed by atoms with van der Waals surface area (Å²) in [5.74, 6) is -1.53. The fraction of sp³-hybridized carbons (Fsp3) is 0.111. The van der Waals surface area contributed by atoms with Crippen LogP contribution in [-0.2, 0) is 4.74 Å². The number of esters is 1. The molecule has 0 radical (unpaired) electrons. The van der Waals surface area contributed by atoms with Crippen molar-refractivity contribution in [2.75, 3.05) is 7.11 Å². The van der Waals surface area contributed by atoms with Crippen LogP contribution < -0.4 is 0 Å². The van der Waals surface area contributed by atoms with E-state index < -0.39 is 17.6 Å². The first-order valence-corrected chi connectivity index (χ1v) is 6.95. The number of aromatic nitrogens is 1. The minimum absolute atomic E-state index is 0.252. The van der Waals surface area contributed by atoms with Gasteiger partial charge in [0, 0.05) is 16.3 Å². The molecule has 3 aromatic rings. The monoisotopic (exact) mass is 313 g/mol. The Morgan fingerprint density at radius 1 is 1.09 bits per heavy atom. The van der Waals surface area contributed by atoms with Crippen molar-refractivity contribution in [2.45, 2.75) is 6.92 Å². The van der Waals surface area contributed by atoms with Crippen LogP contribution in [0.4, 0.5) is 8.78 Å². The lowest BCUT2D eigenvalue weighted by Crippen LogP contribution is -2.02. The lowest BCUT2D eigenvalue weighted by atomic mass is 9.98. The Morgan fingerprint density at radius 2 is 1.87 bits per heavy atom. The predicted molar refractivity (Wildman–Crippen MR) is 83.2 cm³/mol. The number of fused-ring (bicyclic) bond motifs is 1. The Labute approximate surface area is 131 Å². The van der Waals surface area contributed by atoms with Crippen molar-refractivity contribution in [3.05, 3.63) is 65.4 Å². The van der Waals surface area contributed by atoms with Crippen molar-refractivity contribution in [1.29, 1.82) is 0 Å². The van der Waals surface area contributed by atoms with Crippen LogP contribution in [0.1, 0.15) is 15.9 Å². The zero-order valence-electron chi connectivity index (χ0n) is 12.6. The first-order chi connectivity index (χ1) is 11.0. The maximum absolute atomic E-state index is 14.3. The molecule has 0 aliphatic carbocycles. The molecule has 0 amide bonds. The van der Waals surface area contributed by atoms with E-state index in [1.165, 1.54) is 31.4 Å². The van der Waals surface area contributed by atoms with Gasteiger partial charge in [0.15, 0.2) is 0 Å². The summed E-state index contributed by atoms with van der Waals surface area (Å²) >= 11 is 0. The average molecular weight is 313 g/mol. The van der Waals surface area contributed by atoms with Crippen molar-refractivity contribution in [3.8, 4) is 11.3 Å². The number of rotatable bonds is 2. The van der Waals surface area contributed by atoms with Gasteiger partial charge in [0.1, 0.15) is 11.6 Å². The molecule has 5 heteroatoms. The van der Waals surface area contributed by atoms with Gasteiger partial charge in [-0.2, -0.15) is 0 Å². The minimum Gasteiger partial charge on any atom is -0.465 e. The van der Waals surface area contributed by atoms with Gasteiger partial charge in [0.25, 0.3) is 0 Å². The largest absolute Gasteiger partial charge is 0.465 e. The molecule has 116 valence electrons. The summed E-state index contributed by atoms with van der Waals surface area (Å²) in [5.41, 5.74) is 1.51. The molecule has 0 saturated carbocycles. The van der Waals surface area contributed by atoms with E-state index in [-0.39, 0.29) is 10.9 Å². The summed E-state index contributed by atoms with van der Waals surface area (Å²) in [7, 11) is 1.26. The number of hydrogen-bond acceptors (Lipinski definition) is 3. The number of benzene rings is 2. The molecule has 0 aliphatic heterocycles. The van der Waals surface area contributed by atoms with E-state index in [2.05, 4.69) is 9.72 Å².